The zero-order chi connectivity index (χ0) is 22.0. The average molecular weight is 410 g/mol. The van der Waals surface area contributed by atoms with E-state index in [0.717, 1.165) is 20.4 Å². The highest BCUT2D eigenvalue weighted by molar-refractivity contribution is 5.91. The normalized spacial score (nSPS) is 10.8. The molecule has 1 heterocycles. The summed E-state index contributed by atoms with van der Waals surface area (Å²) in [6.07, 6.45) is 0. The van der Waals surface area contributed by atoms with Crippen LogP contribution in [-0.2, 0) is 6.54 Å². The van der Waals surface area contributed by atoms with Gasteiger partial charge < -0.3 is 4.90 Å². The lowest BCUT2D eigenvalue weighted by Gasteiger charge is -2.16. The molecule has 0 saturated heterocycles. The van der Waals surface area contributed by atoms with Crippen molar-refractivity contribution in [1.82, 2.24) is 19.2 Å². The predicted octanol–water partition coefficient (Wildman–Crippen LogP) is 2.29. The lowest BCUT2D eigenvalue weighted by Crippen LogP contribution is -2.46. The molecule has 0 aliphatic heterocycles. The first-order valence-corrected chi connectivity index (χ1v) is 9.54. The quantitative estimate of drug-likeness (QED) is 0.647. The molecule has 3 aromatic rings. The third-order valence-corrected chi connectivity index (χ3v) is 4.82. The molecule has 30 heavy (non-hydrogen) atoms. The van der Waals surface area contributed by atoms with E-state index in [1.54, 1.807) is 25.1 Å². The van der Waals surface area contributed by atoms with Crippen molar-refractivity contribution >= 4 is 5.91 Å². The molecule has 156 valence electrons. The van der Waals surface area contributed by atoms with Crippen molar-refractivity contribution in [3.8, 4) is 5.69 Å². The SMILES string of the molecule is CCN(C)C(=O)c1nn(-c2cc(C)cc(C)c2)c(=O)n(Cc2ccccc2F)c1=O. The van der Waals surface area contributed by atoms with Gasteiger partial charge in [-0.25, -0.2) is 9.18 Å². The van der Waals surface area contributed by atoms with Crippen LogP contribution in [0.5, 0.6) is 0 Å². The number of rotatable bonds is 5. The minimum atomic E-state index is -0.853. The molecule has 0 aliphatic rings. The maximum absolute atomic E-state index is 14.2. The van der Waals surface area contributed by atoms with Crippen LogP contribution in [-0.4, -0.2) is 38.7 Å². The second kappa shape index (κ2) is 8.44. The number of nitrogens with zero attached hydrogens (tertiary/aromatic N) is 4. The fraction of sp³-hybridized carbons (Fsp3) is 0.273. The highest BCUT2D eigenvalue weighted by Crippen LogP contribution is 2.12. The van der Waals surface area contributed by atoms with Crippen LogP contribution in [0.4, 0.5) is 4.39 Å². The number of aryl methyl sites for hydroxylation is 2. The molecule has 0 aliphatic carbocycles. The van der Waals surface area contributed by atoms with Crippen LogP contribution in [0.1, 0.15) is 34.1 Å². The Morgan fingerprint density at radius 1 is 1.10 bits per heavy atom. The summed E-state index contributed by atoms with van der Waals surface area (Å²) in [7, 11) is 1.54. The van der Waals surface area contributed by atoms with E-state index >= 15 is 0 Å². The Morgan fingerprint density at radius 3 is 2.33 bits per heavy atom. The smallest absolute Gasteiger partial charge is 0.340 e. The van der Waals surface area contributed by atoms with E-state index in [1.807, 2.05) is 19.9 Å². The van der Waals surface area contributed by atoms with Gasteiger partial charge >= 0.3 is 5.69 Å². The van der Waals surface area contributed by atoms with Crippen molar-refractivity contribution in [1.29, 1.82) is 0 Å². The maximum atomic E-state index is 14.2. The van der Waals surface area contributed by atoms with E-state index in [-0.39, 0.29) is 12.1 Å². The maximum Gasteiger partial charge on any atom is 0.352 e. The first-order valence-electron chi connectivity index (χ1n) is 9.54. The van der Waals surface area contributed by atoms with Gasteiger partial charge in [0.25, 0.3) is 11.5 Å². The van der Waals surface area contributed by atoms with Gasteiger partial charge in [-0.2, -0.15) is 9.78 Å². The zero-order valence-electron chi connectivity index (χ0n) is 17.3. The summed E-state index contributed by atoms with van der Waals surface area (Å²) in [6, 6.07) is 11.3. The standard InChI is InChI=1S/C22H23FN4O3/c1-5-25(4)20(28)19-21(29)26(13-16-8-6-7-9-18(16)23)22(30)27(24-19)17-11-14(2)10-15(3)12-17/h6-12H,5,13H2,1-4H3. The largest absolute Gasteiger partial charge is 0.352 e. The Bertz CT molecular complexity index is 1210. The van der Waals surface area contributed by atoms with E-state index in [4.69, 9.17) is 0 Å². The van der Waals surface area contributed by atoms with E-state index in [0.29, 0.717) is 12.2 Å². The van der Waals surface area contributed by atoms with Crippen LogP contribution in [0.25, 0.3) is 5.69 Å². The zero-order valence-corrected chi connectivity index (χ0v) is 17.3. The Balaban J connectivity index is 2.30. The van der Waals surface area contributed by atoms with Crippen molar-refractivity contribution in [2.45, 2.75) is 27.3 Å². The third kappa shape index (κ3) is 4.07. The summed E-state index contributed by atoms with van der Waals surface area (Å²) in [4.78, 5) is 40.2. The van der Waals surface area contributed by atoms with Crippen molar-refractivity contribution in [2.75, 3.05) is 13.6 Å². The van der Waals surface area contributed by atoms with Crippen LogP contribution in [0.2, 0.25) is 0 Å². The molecule has 0 N–H and O–H groups in total. The fourth-order valence-electron chi connectivity index (χ4n) is 3.15. The lowest BCUT2D eigenvalue weighted by atomic mass is 10.1. The Kier molecular flexibility index (Phi) is 5.96. The summed E-state index contributed by atoms with van der Waals surface area (Å²) < 4.78 is 16.1. The molecule has 0 radical (unpaired) electrons. The molecular weight excluding hydrogens is 387 g/mol. The van der Waals surface area contributed by atoms with E-state index in [9.17, 15) is 18.8 Å². The van der Waals surface area contributed by atoms with Crippen LogP contribution >= 0.6 is 0 Å². The third-order valence-electron chi connectivity index (χ3n) is 4.82. The first kappa shape index (κ1) is 21.2. The molecule has 0 unspecified atom stereocenters. The topological polar surface area (TPSA) is 77.2 Å². The molecule has 0 atom stereocenters. The highest BCUT2D eigenvalue weighted by atomic mass is 19.1. The number of halogens is 1. The molecule has 0 fully saturated rings. The molecule has 0 spiro atoms. The minimum absolute atomic E-state index is 0.164. The Hall–Kier alpha value is -3.55. The molecule has 3 rings (SSSR count). The van der Waals surface area contributed by atoms with Gasteiger partial charge in [-0.3, -0.25) is 14.2 Å². The lowest BCUT2D eigenvalue weighted by molar-refractivity contribution is 0.0791. The second-order valence-corrected chi connectivity index (χ2v) is 7.19. The highest BCUT2D eigenvalue weighted by Gasteiger charge is 2.23. The Morgan fingerprint density at radius 2 is 1.73 bits per heavy atom. The van der Waals surface area contributed by atoms with Crippen molar-refractivity contribution < 1.29 is 9.18 Å². The first-order chi connectivity index (χ1) is 14.2. The van der Waals surface area contributed by atoms with Crippen LogP contribution in [0, 0.1) is 19.7 Å². The monoisotopic (exact) mass is 410 g/mol. The summed E-state index contributed by atoms with van der Waals surface area (Å²) in [5, 5.41) is 4.10. The number of amides is 1. The van der Waals surface area contributed by atoms with Gasteiger partial charge in [-0.1, -0.05) is 24.3 Å². The van der Waals surface area contributed by atoms with E-state index < -0.39 is 28.7 Å². The second-order valence-electron chi connectivity index (χ2n) is 7.19. The molecule has 1 amide bonds. The average Bonchev–Trinajstić information content (AvgIpc) is 2.70. The van der Waals surface area contributed by atoms with E-state index in [1.165, 1.54) is 30.1 Å². The molecular formula is C22H23FN4O3. The number of carbonyl (C=O) groups is 1. The molecule has 0 bridgehead atoms. The minimum Gasteiger partial charge on any atom is -0.340 e. The van der Waals surface area contributed by atoms with Gasteiger partial charge in [-0.05, 0) is 50.1 Å². The predicted molar refractivity (Wildman–Crippen MR) is 112 cm³/mol. The van der Waals surface area contributed by atoms with E-state index in [2.05, 4.69) is 5.10 Å². The number of hydrogen-bond acceptors (Lipinski definition) is 4. The fourth-order valence-corrected chi connectivity index (χ4v) is 3.15. The molecule has 1 aromatic heterocycles. The van der Waals surface area contributed by atoms with Crippen molar-refractivity contribution in [2.24, 2.45) is 0 Å². The summed E-state index contributed by atoms with van der Waals surface area (Å²) >= 11 is 0. The molecule has 2 aromatic carbocycles. The molecule has 8 heteroatoms. The molecule has 7 nitrogen and oxygen atoms in total. The number of aromatic nitrogens is 3. The van der Waals surface area contributed by atoms with Gasteiger partial charge in [-0.15, -0.1) is 0 Å². The van der Waals surface area contributed by atoms with Gasteiger partial charge in [0.15, 0.2) is 0 Å². The van der Waals surface area contributed by atoms with Crippen molar-refractivity contribution in [3.05, 3.63) is 91.5 Å². The van der Waals surface area contributed by atoms with Gasteiger partial charge in [0.1, 0.15) is 5.82 Å². The van der Waals surface area contributed by atoms with Crippen LogP contribution < -0.4 is 11.2 Å². The number of carbonyl (C=O) groups excluding carboxylic acids is 1. The summed E-state index contributed by atoms with van der Waals surface area (Å²) in [6.45, 7) is 5.54. The van der Waals surface area contributed by atoms with Gasteiger partial charge in [0.2, 0.25) is 5.69 Å². The summed E-state index contributed by atoms with van der Waals surface area (Å²) in [5.41, 5.74) is 0.380. The number of hydrogen-bond donors (Lipinski definition) is 0. The summed E-state index contributed by atoms with van der Waals surface area (Å²) in [5.74, 6) is -1.15. The van der Waals surface area contributed by atoms with Gasteiger partial charge in [0.05, 0.1) is 12.2 Å². The van der Waals surface area contributed by atoms with Crippen LogP contribution in [0.3, 0.4) is 0 Å². The Labute approximate surface area is 173 Å². The van der Waals surface area contributed by atoms with Crippen LogP contribution in [0.15, 0.2) is 52.1 Å². The van der Waals surface area contributed by atoms with Gasteiger partial charge in [0, 0.05) is 19.2 Å². The number of benzene rings is 2. The van der Waals surface area contributed by atoms with Crippen molar-refractivity contribution in [3.63, 3.8) is 0 Å². The molecule has 0 saturated carbocycles.